The minimum absolute atomic E-state index is 0.0452. The van der Waals surface area contributed by atoms with Crippen LogP contribution < -0.4 is 5.32 Å². The van der Waals surface area contributed by atoms with Crippen molar-refractivity contribution in [2.24, 2.45) is 0 Å². The number of aryl methyl sites for hydroxylation is 2. The highest BCUT2D eigenvalue weighted by molar-refractivity contribution is 5.94. The van der Waals surface area contributed by atoms with Crippen molar-refractivity contribution in [3.05, 3.63) is 65.2 Å². The molecule has 2 aromatic rings. The van der Waals surface area contributed by atoms with Crippen molar-refractivity contribution in [2.45, 2.75) is 45.8 Å². The maximum Gasteiger partial charge on any atom is 0.342 e. The summed E-state index contributed by atoms with van der Waals surface area (Å²) in [5, 5.41) is 12.8. The van der Waals surface area contributed by atoms with E-state index in [2.05, 4.69) is 5.32 Å². The van der Waals surface area contributed by atoms with E-state index in [4.69, 9.17) is 4.74 Å². The Balaban J connectivity index is 1.84. The summed E-state index contributed by atoms with van der Waals surface area (Å²) in [7, 11) is 0. The second-order valence-corrected chi connectivity index (χ2v) is 6.45. The quantitative estimate of drug-likeness (QED) is 0.747. The van der Waals surface area contributed by atoms with Crippen LogP contribution in [0.4, 0.5) is 0 Å². The smallest absolute Gasteiger partial charge is 0.342 e. The Labute approximate surface area is 154 Å². The zero-order valence-electron chi connectivity index (χ0n) is 15.4. The minimum Gasteiger partial charge on any atom is -0.507 e. The summed E-state index contributed by atoms with van der Waals surface area (Å²) in [6.45, 7) is 5.13. The third kappa shape index (κ3) is 5.34. The van der Waals surface area contributed by atoms with E-state index in [1.165, 1.54) is 18.6 Å². The van der Waals surface area contributed by atoms with E-state index in [0.717, 1.165) is 12.8 Å². The van der Waals surface area contributed by atoms with Gasteiger partial charge in [0.05, 0.1) is 0 Å². The van der Waals surface area contributed by atoms with Gasteiger partial charge in [0, 0.05) is 6.04 Å². The summed E-state index contributed by atoms with van der Waals surface area (Å²) in [5.41, 5.74) is 1.84. The second kappa shape index (κ2) is 9.04. The molecule has 0 heterocycles. The van der Waals surface area contributed by atoms with E-state index in [1.54, 1.807) is 19.1 Å². The summed E-state index contributed by atoms with van der Waals surface area (Å²) in [5.74, 6) is -1.20. The lowest BCUT2D eigenvalue weighted by Crippen LogP contribution is -2.41. The number of ether oxygens (including phenoxy) is 1. The Kier molecular flexibility index (Phi) is 6.78. The topological polar surface area (TPSA) is 75.6 Å². The lowest BCUT2D eigenvalue weighted by Gasteiger charge is -2.18. The van der Waals surface area contributed by atoms with Gasteiger partial charge < -0.3 is 15.2 Å². The molecule has 0 saturated carbocycles. The van der Waals surface area contributed by atoms with Gasteiger partial charge >= 0.3 is 5.97 Å². The van der Waals surface area contributed by atoms with Crippen molar-refractivity contribution in [1.29, 1.82) is 0 Å². The fourth-order valence-electron chi connectivity index (χ4n) is 2.56. The fraction of sp³-hybridized carbons (Fsp3) is 0.333. The molecule has 0 saturated heterocycles. The van der Waals surface area contributed by atoms with Crippen LogP contribution in [0.2, 0.25) is 0 Å². The molecule has 2 rings (SSSR count). The third-order valence-corrected chi connectivity index (χ3v) is 4.21. The Hall–Kier alpha value is -2.82. The van der Waals surface area contributed by atoms with Gasteiger partial charge in [-0.15, -0.1) is 0 Å². The molecule has 5 nitrogen and oxygen atoms in total. The predicted molar refractivity (Wildman–Crippen MR) is 100 cm³/mol. The van der Waals surface area contributed by atoms with Gasteiger partial charge in [-0.2, -0.15) is 0 Å². The Bertz CT molecular complexity index is 758. The molecule has 138 valence electrons. The first-order chi connectivity index (χ1) is 12.4. The molecule has 0 bridgehead atoms. The highest BCUT2D eigenvalue weighted by atomic mass is 16.5. The predicted octanol–water partition coefficient (Wildman–Crippen LogP) is 3.38. The zero-order valence-corrected chi connectivity index (χ0v) is 15.4. The molecular formula is C21H25NO4. The first-order valence-electron chi connectivity index (χ1n) is 8.72. The lowest BCUT2D eigenvalue weighted by molar-refractivity contribution is -0.129. The highest BCUT2D eigenvalue weighted by Crippen LogP contribution is 2.22. The van der Waals surface area contributed by atoms with Crippen LogP contribution >= 0.6 is 0 Å². The number of amides is 1. The minimum atomic E-state index is -0.943. The Morgan fingerprint density at radius 1 is 1.08 bits per heavy atom. The zero-order chi connectivity index (χ0) is 19.1. The van der Waals surface area contributed by atoms with Crippen LogP contribution in [0.3, 0.4) is 0 Å². The van der Waals surface area contributed by atoms with E-state index in [9.17, 15) is 14.7 Å². The van der Waals surface area contributed by atoms with Gasteiger partial charge in [0.15, 0.2) is 6.10 Å². The molecule has 0 unspecified atom stereocenters. The molecule has 26 heavy (non-hydrogen) atoms. The lowest BCUT2D eigenvalue weighted by atomic mass is 10.1. The van der Waals surface area contributed by atoms with Crippen LogP contribution in [-0.4, -0.2) is 29.1 Å². The number of carbonyl (C=O) groups excluding carboxylic acids is 2. The molecule has 0 radical (unpaired) electrons. The van der Waals surface area contributed by atoms with Gasteiger partial charge in [0.1, 0.15) is 11.3 Å². The molecule has 0 aliphatic rings. The average Bonchev–Trinajstić information content (AvgIpc) is 2.63. The normalized spacial score (nSPS) is 12.9. The molecule has 1 amide bonds. The van der Waals surface area contributed by atoms with Crippen LogP contribution in [0, 0.1) is 6.92 Å². The summed E-state index contributed by atoms with van der Waals surface area (Å²) >= 11 is 0. The maximum atomic E-state index is 12.2. The van der Waals surface area contributed by atoms with Gasteiger partial charge in [-0.3, -0.25) is 4.79 Å². The summed E-state index contributed by atoms with van der Waals surface area (Å²) in [6.07, 6.45) is 0.699. The number of benzene rings is 2. The molecule has 2 aromatic carbocycles. The second-order valence-electron chi connectivity index (χ2n) is 6.45. The van der Waals surface area contributed by atoms with E-state index in [0.29, 0.717) is 5.56 Å². The number of carbonyl (C=O) groups is 2. The summed E-state index contributed by atoms with van der Waals surface area (Å²) in [4.78, 5) is 24.4. The van der Waals surface area contributed by atoms with E-state index in [1.807, 2.05) is 37.3 Å². The summed E-state index contributed by atoms with van der Waals surface area (Å²) in [6, 6.07) is 14.8. The van der Waals surface area contributed by atoms with Crippen molar-refractivity contribution < 1.29 is 19.4 Å². The molecule has 2 N–H and O–H groups in total. The van der Waals surface area contributed by atoms with Crippen molar-refractivity contribution in [2.75, 3.05) is 0 Å². The molecule has 0 aliphatic carbocycles. The van der Waals surface area contributed by atoms with Crippen molar-refractivity contribution in [3.8, 4) is 5.75 Å². The fourth-order valence-corrected chi connectivity index (χ4v) is 2.56. The third-order valence-electron chi connectivity index (χ3n) is 4.21. The first-order valence-corrected chi connectivity index (χ1v) is 8.72. The molecule has 0 fully saturated rings. The maximum absolute atomic E-state index is 12.2. The standard InChI is InChI=1S/C21H25NO4/c1-14-8-7-11-18(19(14)23)21(25)26-16(3)20(24)22-15(2)12-13-17-9-5-4-6-10-17/h4-11,15-16,23H,12-13H2,1-3H3,(H,22,24)/t15-,16+/m0/s1. The number of hydrogen-bond donors (Lipinski definition) is 2. The van der Waals surface area contributed by atoms with Crippen LogP contribution in [-0.2, 0) is 16.0 Å². The van der Waals surface area contributed by atoms with Gasteiger partial charge in [-0.25, -0.2) is 4.79 Å². The van der Waals surface area contributed by atoms with Crippen LogP contribution in [0.15, 0.2) is 48.5 Å². The summed E-state index contributed by atoms with van der Waals surface area (Å²) < 4.78 is 5.19. The molecular weight excluding hydrogens is 330 g/mol. The van der Waals surface area contributed by atoms with E-state index in [-0.39, 0.29) is 23.3 Å². The highest BCUT2D eigenvalue weighted by Gasteiger charge is 2.22. The van der Waals surface area contributed by atoms with Crippen LogP contribution in [0.5, 0.6) is 5.75 Å². The van der Waals surface area contributed by atoms with E-state index >= 15 is 0 Å². The van der Waals surface area contributed by atoms with Gasteiger partial charge in [-0.1, -0.05) is 42.5 Å². The van der Waals surface area contributed by atoms with Crippen molar-refractivity contribution >= 4 is 11.9 Å². The Morgan fingerprint density at radius 3 is 2.46 bits per heavy atom. The number of phenolic OH excluding ortho intramolecular Hbond substituents is 1. The van der Waals surface area contributed by atoms with Crippen LogP contribution in [0.25, 0.3) is 0 Å². The van der Waals surface area contributed by atoms with Crippen LogP contribution in [0.1, 0.15) is 41.8 Å². The van der Waals surface area contributed by atoms with Gasteiger partial charge in [0.25, 0.3) is 5.91 Å². The number of rotatable bonds is 7. The first kappa shape index (κ1) is 19.5. The number of nitrogens with one attached hydrogen (secondary N) is 1. The number of phenols is 1. The SMILES string of the molecule is Cc1cccc(C(=O)O[C@H](C)C(=O)N[C@@H](C)CCc2ccccc2)c1O. The molecule has 5 heteroatoms. The van der Waals surface area contributed by atoms with E-state index < -0.39 is 12.1 Å². The Morgan fingerprint density at radius 2 is 1.77 bits per heavy atom. The average molecular weight is 355 g/mol. The van der Waals surface area contributed by atoms with Gasteiger partial charge in [-0.05, 0) is 50.8 Å². The number of aromatic hydroxyl groups is 1. The van der Waals surface area contributed by atoms with Gasteiger partial charge in [0.2, 0.25) is 0 Å². The number of hydrogen-bond acceptors (Lipinski definition) is 4. The largest absolute Gasteiger partial charge is 0.507 e. The van der Waals surface area contributed by atoms with Crippen molar-refractivity contribution in [1.82, 2.24) is 5.32 Å². The monoisotopic (exact) mass is 355 g/mol. The number of para-hydroxylation sites is 1. The molecule has 0 aromatic heterocycles. The molecule has 0 spiro atoms. The van der Waals surface area contributed by atoms with Crippen molar-refractivity contribution in [3.63, 3.8) is 0 Å². The molecule has 2 atom stereocenters. The molecule has 0 aliphatic heterocycles. The number of esters is 1.